The standard InChI is InChI=1S/C17H17ClN2O4S/c1-12(21)13-3-2-4-15(11-13)20-17(22)9-10-19-25(23,24)16-7-5-14(18)6-8-16/h2-8,11,19H,9-10H2,1H3,(H,20,22). The maximum Gasteiger partial charge on any atom is 0.240 e. The molecular formula is C17H17ClN2O4S. The molecule has 132 valence electrons. The number of carbonyl (C=O) groups is 2. The summed E-state index contributed by atoms with van der Waals surface area (Å²) in [5.41, 5.74) is 0.972. The van der Waals surface area contributed by atoms with Crippen LogP contribution in [0.1, 0.15) is 23.7 Å². The van der Waals surface area contributed by atoms with Gasteiger partial charge in [-0.3, -0.25) is 9.59 Å². The Labute approximate surface area is 151 Å². The van der Waals surface area contributed by atoms with Crippen LogP contribution in [0.3, 0.4) is 0 Å². The Morgan fingerprint density at radius 2 is 1.76 bits per heavy atom. The summed E-state index contributed by atoms with van der Waals surface area (Å²) >= 11 is 5.73. The second-order valence-electron chi connectivity index (χ2n) is 5.29. The average molecular weight is 381 g/mol. The number of anilines is 1. The van der Waals surface area contributed by atoms with Crippen LogP contribution in [0.15, 0.2) is 53.4 Å². The van der Waals surface area contributed by atoms with Crippen LogP contribution >= 0.6 is 11.6 Å². The number of amides is 1. The first-order valence-corrected chi connectivity index (χ1v) is 9.30. The summed E-state index contributed by atoms with van der Waals surface area (Å²) in [6.45, 7) is 1.38. The molecule has 0 aliphatic rings. The number of ketones is 1. The molecule has 0 unspecified atom stereocenters. The van der Waals surface area contributed by atoms with Crippen molar-refractivity contribution in [3.05, 3.63) is 59.1 Å². The molecule has 0 saturated heterocycles. The van der Waals surface area contributed by atoms with E-state index in [1.54, 1.807) is 24.3 Å². The maximum atomic E-state index is 12.1. The number of hydrogen-bond donors (Lipinski definition) is 2. The number of halogens is 1. The van der Waals surface area contributed by atoms with Gasteiger partial charge in [0.15, 0.2) is 5.78 Å². The topological polar surface area (TPSA) is 92.3 Å². The van der Waals surface area contributed by atoms with E-state index in [2.05, 4.69) is 10.0 Å². The Morgan fingerprint density at radius 3 is 2.40 bits per heavy atom. The molecule has 0 heterocycles. The number of sulfonamides is 1. The zero-order valence-corrected chi connectivity index (χ0v) is 15.0. The number of benzene rings is 2. The molecule has 2 aromatic rings. The smallest absolute Gasteiger partial charge is 0.240 e. The van der Waals surface area contributed by atoms with Gasteiger partial charge in [-0.25, -0.2) is 13.1 Å². The minimum Gasteiger partial charge on any atom is -0.326 e. The van der Waals surface area contributed by atoms with Gasteiger partial charge in [0.1, 0.15) is 0 Å². The van der Waals surface area contributed by atoms with E-state index < -0.39 is 10.0 Å². The zero-order chi connectivity index (χ0) is 18.4. The van der Waals surface area contributed by atoms with Crippen molar-refractivity contribution in [1.82, 2.24) is 4.72 Å². The lowest BCUT2D eigenvalue weighted by Crippen LogP contribution is -2.27. The van der Waals surface area contributed by atoms with Crippen molar-refractivity contribution in [2.24, 2.45) is 0 Å². The lowest BCUT2D eigenvalue weighted by atomic mass is 10.1. The fourth-order valence-electron chi connectivity index (χ4n) is 2.04. The van der Waals surface area contributed by atoms with E-state index in [1.165, 1.54) is 31.2 Å². The van der Waals surface area contributed by atoms with Gasteiger partial charge in [0.2, 0.25) is 15.9 Å². The van der Waals surface area contributed by atoms with Gasteiger partial charge in [-0.15, -0.1) is 0 Å². The summed E-state index contributed by atoms with van der Waals surface area (Å²) in [5, 5.41) is 3.06. The van der Waals surface area contributed by atoms with Gasteiger partial charge in [-0.2, -0.15) is 0 Å². The van der Waals surface area contributed by atoms with Gasteiger partial charge in [0, 0.05) is 29.2 Å². The van der Waals surface area contributed by atoms with Gasteiger partial charge in [-0.05, 0) is 43.3 Å². The highest BCUT2D eigenvalue weighted by molar-refractivity contribution is 7.89. The fraction of sp³-hybridized carbons (Fsp3) is 0.176. The molecule has 8 heteroatoms. The SMILES string of the molecule is CC(=O)c1cccc(NC(=O)CCNS(=O)(=O)c2ccc(Cl)cc2)c1. The first kappa shape index (κ1) is 19.1. The summed E-state index contributed by atoms with van der Waals surface area (Å²) in [6, 6.07) is 12.3. The van der Waals surface area contributed by atoms with Crippen molar-refractivity contribution >= 4 is 39.0 Å². The molecule has 2 N–H and O–H groups in total. The molecule has 0 atom stereocenters. The zero-order valence-electron chi connectivity index (χ0n) is 13.5. The number of Topliss-reactive ketones (excluding diaryl/α,β-unsaturated/α-hetero) is 1. The molecule has 25 heavy (non-hydrogen) atoms. The van der Waals surface area contributed by atoms with E-state index >= 15 is 0 Å². The number of carbonyl (C=O) groups excluding carboxylic acids is 2. The highest BCUT2D eigenvalue weighted by atomic mass is 35.5. The van der Waals surface area contributed by atoms with Crippen molar-refractivity contribution in [3.8, 4) is 0 Å². The van der Waals surface area contributed by atoms with E-state index in [0.717, 1.165) is 0 Å². The van der Waals surface area contributed by atoms with Crippen LogP contribution < -0.4 is 10.0 Å². The third-order valence-electron chi connectivity index (χ3n) is 3.32. The molecule has 0 spiro atoms. The van der Waals surface area contributed by atoms with Crippen LogP contribution in [0.5, 0.6) is 0 Å². The second-order valence-corrected chi connectivity index (χ2v) is 7.49. The molecule has 2 rings (SSSR count). The third-order valence-corrected chi connectivity index (χ3v) is 5.05. The number of nitrogens with one attached hydrogen (secondary N) is 2. The van der Waals surface area contributed by atoms with Crippen LogP contribution in [0.4, 0.5) is 5.69 Å². The van der Waals surface area contributed by atoms with Crippen molar-refractivity contribution in [3.63, 3.8) is 0 Å². The van der Waals surface area contributed by atoms with Crippen LogP contribution in [0.2, 0.25) is 5.02 Å². The summed E-state index contributed by atoms with van der Waals surface area (Å²) in [5.74, 6) is -0.466. The second kappa shape index (κ2) is 8.24. The van der Waals surface area contributed by atoms with Crippen LogP contribution in [-0.2, 0) is 14.8 Å². The Balaban J connectivity index is 1.89. The predicted molar refractivity (Wildman–Crippen MR) is 96.3 cm³/mol. The van der Waals surface area contributed by atoms with Crippen LogP contribution in [0, 0.1) is 0 Å². The van der Waals surface area contributed by atoms with Crippen molar-refractivity contribution < 1.29 is 18.0 Å². The Hall–Kier alpha value is -2.22. The molecule has 0 aliphatic carbocycles. The Morgan fingerprint density at radius 1 is 1.08 bits per heavy atom. The Bertz CT molecular complexity index is 880. The minimum atomic E-state index is -3.70. The van der Waals surface area contributed by atoms with Gasteiger partial charge >= 0.3 is 0 Å². The van der Waals surface area contributed by atoms with Crippen LogP contribution in [0.25, 0.3) is 0 Å². The molecule has 0 fully saturated rings. The van der Waals surface area contributed by atoms with Gasteiger partial charge in [-0.1, -0.05) is 23.7 Å². The molecule has 2 aromatic carbocycles. The average Bonchev–Trinajstić information content (AvgIpc) is 2.55. The van der Waals surface area contributed by atoms with Crippen molar-refractivity contribution in [2.45, 2.75) is 18.2 Å². The quantitative estimate of drug-likeness (QED) is 0.722. The van der Waals surface area contributed by atoms with Crippen molar-refractivity contribution in [2.75, 3.05) is 11.9 Å². The van der Waals surface area contributed by atoms with Crippen molar-refractivity contribution in [1.29, 1.82) is 0 Å². The fourth-order valence-corrected chi connectivity index (χ4v) is 3.19. The molecule has 0 aromatic heterocycles. The van der Waals surface area contributed by atoms with E-state index in [9.17, 15) is 18.0 Å². The van der Waals surface area contributed by atoms with E-state index in [-0.39, 0.29) is 29.6 Å². The van der Waals surface area contributed by atoms with Gasteiger partial charge < -0.3 is 5.32 Å². The molecular weight excluding hydrogens is 364 g/mol. The lowest BCUT2D eigenvalue weighted by Gasteiger charge is -2.08. The molecule has 0 radical (unpaired) electrons. The monoisotopic (exact) mass is 380 g/mol. The van der Waals surface area contributed by atoms with E-state index in [1.807, 2.05) is 0 Å². The highest BCUT2D eigenvalue weighted by Gasteiger charge is 2.14. The molecule has 0 aliphatic heterocycles. The molecule has 0 saturated carbocycles. The van der Waals surface area contributed by atoms with Gasteiger partial charge in [0.05, 0.1) is 4.90 Å². The largest absolute Gasteiger partial charge is 0.326 e. The van der Waals surface area contributed by atoms with Crippen LogP contribution in [-0.4, -0.2) is 26.7 Å². The lowest BCUT2D eigenvalue weighted by molar-refractivity contribution is -0.116. The maximum absolute atomic E-state index is 12.1. The summed E-state index contributed by atoms with van der Waals surface area (Å²) < 4.78 is 26.5. The molecule has 1 amide bonds. The summed E-state index contributed by atoms with van der Waals surface area (Å²) in [7, 11) is -3.70. The summed E-state index contributed by atoms with van der Waals surface area (Å²) in [4.78, 5) is 23.3. The number of rotatable bonds is 7. The third kappa shape index (κ3) is 5.67. The summed E-state index contributed by atoms with van der Waals surface area (Å²) in [6.07, 6.45) is -0.0445. The Kier molecular flexibility index (Phi) is 6.30. The van der Waals surface area contributed by atoms with Gasteiger partial charge in [0.25, 0.3) is 0 Å². The van der Waals surface area contributed by atoms with E-state index in [4.69, 9.17) is 11.6 Å². The first-order valence-electron chi connectivity index (χ1n) is 7.44. The van der Waals surface area contributed by atoms with E-state index in [0.29, 0.717) is 16.3 Å². The molecule has 6 nitrogen and oxygen atoms in total. The minimum absolute atomic E-state index is 0.0445. The first-order chi connectivity index (χ1) is 11.8. The predicted octanol–water partition coefficient (Wildman–Crippen LogP) is 2.85. The molecule has 0 bridgehead atoms. The number of hydrogen-bond acceptors (Lipinski definition) is 4. The highest BCUT2D eigenvalue weighted by Crippen LogP contribution is 2.14. The normalized spacial score (nSPS) is 11.1.